The van der Waals surface area contributed by atoms with E-state index in [1.54, 1.807) is 23.6 Å². The predicted molar refractivity (Wildman–Crippen MR) is 72.4 cm³/mol. The average Bonchev–Trinajstić information content (AvgIpc) is 3.05. The first-order valence-corrected chi connectivity index (χ1v) is 6.98. The summed E-state index contributed by atoms with van der Waals surface area (Å²) >= 11 is 1.60. The largest absolute Gasteiger partial charge is 0.475 e. The minimum atomic E-state index is -1.05. The van der Waals surface area contributed by atoms with Crippen LogP contribution in [0, 0.1) is 0 Å². The fraction of sp³-hybridized carbons (Fsp3) is 0.385. The first kappa shape index (κ1) is 13.8. The van der Waals surface area contributed by atoms with Gasteiger partial charge in [0.1, 0.15) is 10.8 Å². The van der Waals surface area contributed by atoms with Gasteiger partial charge >= 0.3 is 5.97 Å². The molecule has 2 unspecified atom stereocenters. The van der Waals surface area contributed by atoms with Gasteiger partial charge in [-0.1, -0.05) is 6.92 Å². The Bertz CT molecular complexity index is 536. The third-order valence-electron chi connectivity index (χ3n) is 2.87. The Kier molecular flexibility index (Phi) is 4.34. The van der Waals surface area contributed by atoms with E-state index in [1.807, 2.05) is 12.3 Å². The van der Waals surface area contributed by atoms with E-state index in [-0.39, 0.29) is 17.8 Å². The van der Waals surface area contributed by atoms with Gasteiger partial charge in [0.15, 0.2) is 0 Å². The number of carboxylic acids is 1. The number of hydrogen-bond donors (Lipinski definition) is 2. The van der Waals surface area contributed by atoms with Crippen molar-refractivity contribution in [2.75, 3.05) is 0 Å². The monoisotopic (exact) mass is 280 g/mol. The van der Waals surface area contributed by atoms with E-state index >= 15 is 0 Å². The number of rotatable bonds is 6. The number of nitrogens with zero attached hydrogens (tertiary/aromatic N) is 1. The molecule has 0 saturated heterocycles. The Morgan fingerprint density at radius 1 is 1.58 bits per heavy atom. The second-order valence-corrected chi connectivity index (χ2v) is 5.15. The zero-order valence-corrected chi connectivity index (χ0v) is 11.6. The summed E-state index contributed by atoms with van der Waals surface area (Å²) in [5.74, 6) is -0.469. The third-order valence-corrected chi connectivity index (χ3v) is 3.76. The number of carbonyl (C=O) groups is 1. The highest BCUT2D eigenvalue weighted by molar-refractivity contribution is 7.09. The highest BCUT2D eigenvalue weighted by atomic mass is 32.1. The van der Waals surface area contributed by atoms with Gasteiger partial charge in [-0.25, -0.2) is 9.78 Å². The van der Waals surface area contributed by atoms with Gasteiger partial charge in [0.05, 0.1) is 12.1 Å². The Hall–Kier alpha value is -1.66. The minimum absolute atomic E-state index is 0.0362. The van der Waals surface area contributed by atoms with Crippen molar-refractivity contribution in [1.82, 2.24) is 10.3 Å². The molecule has 2 atom stereocenters. The molecule has 0 fully saturated rings. The van der Waals surface area contributed by atoms with Gasteiger partial charge in [-0.3, -0.25) is 5.32 Å². The van der Waals surface area contributed by atoms with E-state index in [0.717, 1.165) is 11.4 Å². The molecule has 0 amide bonds. The predicted octanol–water partition coefficient (Wildman–Crippen LogP) is 3.24. The first-order valence-electron chi connectivity index (χ1n) is 6.10. The van der Waals surface area contributed by atoms with Crippen LogP contribution in [0.15, 0.2) is 28.1 Å². The smallest absolute Gasteiger partial charge is 0.371 e. The Morgan fingerprint density at radius 3 is 2.89 bits per heavy atom. The second-order valence-electron chi connectivity index (χ2n) is 4.23. The molecule has 0 radical (unpaired) electrons. The molecule has 19 heavy (non-hydrogen) atoms. The van der Waals surface area contributed by atoms with E-state index in [1.165, 1.54) is 6.07 Å². The Labute approximate surface area is 115 Å². The lowest BCUT2D eigenvalue weighted by molar-refractivity contribution is 0.0659. The van der Waals surface area contributed by atoms with Crippen LogP contribution in [0.1, 0.15) is 53.7 Å². The molecule has 0 aliphatic heterocycles. The summed E-state index contributed by atoms with van der Waals surface area (Å²) in [5, 5.41) is 15.2. The van der Waals surface area contributed by atoms with E-state index in [0.29, 0.717) is 5.76 Å². The lowest BCUT2D eigenvalue weighted by Gasteiger charge is -2.19. The van der Waals surface area contributed by atoms with Crippen molar-refractivity contribution in [3.05, 3.63) is 40.2 Å². The first-order chi connectivity index (χ1) is 9.11. The number of aromatic carboxylic acids is 1. The summed E-state index contributed by atoms with van der Waals surface area (Å²) in [6, 6.07) is 3.24. The van der Waals surface area contributed by atoms with Crippen molar-refractivity contribution in [2.45, 2.75) is 32.4 Å². The van der Waals surface area contributed by atoms with Crippen LogP contribution in [0.2, 0.25) is 0 Å². The summed E-state index contributed by atoms with van der Waals surface area (Å²) in [5.41, 5.74) is 0. The highest BCUT2D eigenvalue weighted by Crippen LogP contribution is 2.24. The van der Waals surface area contributed by atoms with Crippen LogP contribution in [0.3, 0.4) is 0 Å². The van der Waals surface area contributed by atoms with E-state index in [4.69, 9.17) is 9.52 Å². The van der Waals surface area contributed by atoms with Crippen molar-refractivity contribution in [3.63, 3.8) is 0 Å². The topological polar surface area (TPSA) is 75.4 Å². The summed E-state index contributed by atoms with van der Waals surface area (Å²) in [7, 11) is 0. The van der Waals surface area contributed by atoms with Crippen LogP contribution in [0.4, 0.5) is 0 Å². The van der Waals surface area contributed by atoms with Gasteiger partial charge in [-0.2, -0.15) is 0 Å². The molecule has 0 spiro atoms. The number of nitrogens with one attached hydrogen (secondary N) is 1. The zero-order valence-electron chi connectivity index (χ0n) is 10.8. The van der Waals surface area contributed by atoms with Gasteiger partial charge in [0, 0.05) is 11.6 Å². The maximum Gasteiger partial charge on any atom is 0.371 e. The highest BCUT2D eigenvalue weighted by Gasteiger charge is 2.19. The van der Waals surface area contributed by atoms with Crippen LogP contribution < -0.4 is 5.32 Å². The lowest BCUT2D eigenvalue weighted by atomic mass is 10.2. The van der Waals surface area contributed by atoms with Crippen molar-refractivity contribution in [1.29, 1.82) is 0 Å². The number of furan rings is 1. The summed E-state index contributed by atoms with van der Waals surface area (Å²) in [6.07, 6.45) is 2.69. The molecule has 0 aliphatic rings. The average molecular weight is 280 g/mol. The van der Waals surface area contributed by atoms with E-state index < -0.39 is 5.97 Å². The maximum atomic E-state index is 10.8. The lowest BCUT2D eigenvalue weighted by Crippen LogP contribution is -2.23. The number of carboxylic acid groups (broad SMARTS) is 1. The fourth-order valence-electron chi connectivity index (χ4n) is 1.85. The van der Waals surface area contributed by atoms with Gasteiger partial charge in [-0.15, -0.1) is 11.3 Å². The number of hydrogen-bond acceptors (Lipinski definition) is 5. The molecule has 2 aromatic rings. The molecule has 2 N–H and O–H groups in total. The molecule has 2 rings (SSSR count). The third kappa shape index (κ3) is 3.21. The summed E-state index contributed by atoms with van der Waals surface area (Å²) in [4.78, 5) is 15.1. The van der Waals surface area contributed by atoms with Gasteiger partial charge < -0.3 is 9.52 Å². The SMILES string of the molecule is CCC(NC(C)c1ccc(C(=O)O)o1)c1nccs1. The van der Waals surface area contributed by atoms with Crippen LogP contribution >= 0.6 is 11.3 Å². The van der Waals surface area contributed by atoms with Crippen LogP contribution in [-0.2, 0) is 0 Å². The molecule has 102 valence electrons. The summed E-state index contributed by atoms with van der Waals surface area (Å²) in [6.45, 7) is 4.03. The van der Waals surface area contributed by atoms with E-state index in [2.05, 4.69) is 17.2 Å². The molecule has 2 heterocycles. The quantitative estimate of drug-likeness (QED) is 0.849. The molecule has 6 heteroatoms. The molecule has 0 bridgehead atoms. The van der Waals surface area contributed by atoms with Crippen molar-refractivity contribution in [3.8, 4) is 0 Å². The molecule has 2 aromatic heterocycles. The second kappa shape index (κ2) is 5.99. The van der Waals surface area contributed by atoms with Crippen molar-refractivity contribution >= 4 is 17.3 Å². The standard InChI is InChI=1S/C13H16N2O3S/c1-3-9(12-14-6-7-19-12)15-8(2)10-4-5-11(18-10)13(16)17/h4-9,15H,3H2,1-2H3,(H,16,17). The zero-order chi connectivity index (χ0) is 13.8. The van der Waals surface area contributed by atoms with E-state index in [9.17, 15) is 4.79 Å². The molecular formula is C13H16N2O3S. The van der Waals surface area contributed by atoms with Gasteiger partial charge in [-0.05, 0) is 25.5 Å². The van der Waals surface area contributed by atoms with Crippen LogP contribution in [-0.4, -0.2) is 16.1 Å². The summed E-state index contributed by atoms with van der Waals surface area (Å²) < 4.78 is 5.29. The normalized spacial score (nSPS) is 14.2. The van der Waals surface area contributed by atoms with Gasteiger partial charge in [0.2, 0.25) is 5.76 Å². The minimum Gasteiger partial charge on any atom is -0.475 e. The fourth-order valence-corrected chi connectivity index (χ4v) is 2.64. The molecule has 5 nitrogen and oxygen atoms in total. The van der Waals surface area contributed by atoms with Crippen molar-refractivity contribution in [2.24, 2.45) is 0 Å². The maximum absolute atomic E-state index is 10.8. The molecule has 0 aromatic carbocycles. The Balaban J connectivity index is 2.06. The van der Waals surface area contributed by atoms with Crippen LogP contribution in [0.5, 0.6) is 0 Å². The number of aromatic nitrogens is 1. The Morgan fingerprint density at radius 2 is 2.37 bits per heavy atom. The molecule has 0 aliphatic carbocycles. The van der Waals surface area contributed by atoms with Gasteiger partial charge in [0.25, 0.3) is 0 Å². The van der Waals surface area contributed by atoms with Crippen molar-refractivity contribution < 1.29 is 14.3 Å². The number of thiazole rings is 1. The molecule has 0 saturated carbocycles. The van der Waals surface area contributed by atoms with Crippen LogP contribution in [0.25, 0.3) is 0 Å². The molecular weight excluding hydrogens is 264 g/mol.